The normalized spacial score (nSPS) is 15.7. The lowest BCUT2D eigenvalue weighted by molar-refractivity contribution is 0.301. The zero-order valence-corrected chi connectivity index (χ0v) is 6.76. The summed E-state index contributed by atoms with van der Waals surface area (Å²) in [6, 6.07) is 0. The second-order valence-corrected chi connectivity index (χ2v) is 5.52. The van der Waals surface area contributed by atoms with Crippen LogP contribution >= 0.6 is 14.7 Å². The van der Waals surface area contributed by atoms with Gasteiger partial charge in [-0.2, -0.15) is 0 Å². The lowest BCUT2D eigenvalue weighted by atomic mass is 10.7. The first-order valence-corrected chi connectivity index (χ1v) is 5.70. The molecule has 5 nitrogen and oxygen atoms in total. The van der Waals surface area contributed by atoms with E-state index < -0.39 is 14.7 Å². The minimum Gasteiger partial charge on any atom is -0.314 e. The van der Waals surface area contributed by atoms with Gasteiger partial charge in [-0.3, -0.25) is 4.52 Å². The first-order chi connectivity index (χ1) is 4.50. The summed E-state index contributed by atoms with van der Waals surface area (Å²) in [5.41, 5.74) is 0. The molecular formula is C3H6O5P2. The molecule has 0 amide bonds. The standard InChI is InChI=1S/C3H6O5P2/c1-2-3-8-10(6,7)9(4)5/h2H,1,3H2,(H,6,7). The minimum absolute atomic E-state index is 0.253. The van der Waals surface area contributed by atoms with Gasteiger partial charge in [0.1, 0.15) is 0 Å². The molecule has 0 aliphatic heterocycles. The van der Waals surface area contributed by atoms with Crippen molar-refractivity contribution in [1.29, 1.82) is 0 Å². The third-order valence-corrected chi connectivity index (χ3v) is 3.05. The van der Waals surface area contributed by atoms with E-state index in [4.69, 9.17) is 4.89 Å². The van der Waals surface area contributed by atoms with Crippen LogP contribution in [-0.2, 0) is 18.2 Å². The van der Waals surface area contributed by atoms with Crippen LogP contribution in [0, 0.1) is 0 Å². The van der Waals surface area contributed by atoms with E-state index in [2.05, 4.69) is 11.1 Å². The molecule has 10 heavy (non-hydrogen) atoms. The fourth-order valence-corrected chi connectivity index (χ4v) is 1.07. The molecule has 0 bridgehead atoms. The van der Waals surface area contributed by atoms with Gasteiger partial charge in [0, 0.05) is 0 Å². The first kappa shape index (κ1) is 9.79. The van der Waals surface area contributed by atoms with Crippen LogP contribution in [-0.4, -0.2) is 11.5 Å². The molecule has 0 heterocycles. The number of hydrogen-bond acceptors (Lipinski definition) is 4. The Morgan fingerprint density at radius 1 is 1.70 bits per heavy atom. The number of rotatable bonds is 4. The summed E-state index contributed by atoms with van der Waals surface area (Å²) < 4.78 is 34.2. The van der Waals surface area contributed by atoms with Gasteiger partial charge in [-0.15, -0.1) is 6.58 Å². The van der Waals surface area contributed by atoms with Crippen LogP contribution < -0.4 is 0 Å². The third-order valence-electron chi connectivity index (χ3n) is 0.567. The van der Waals surface area contributed by atoms with Crippen LogP contribution in [0.15, 0.2) is 12.7 Å². The van der Waals surface area contributed by atoms with Gasteiger partial charge in [0.15, 0.2) is 0 Å². The highest BCUT2D eigenvalue weighted by Gasteiger charge is 2.26. The van der Waals surface area contributed by atoms with Gasteiger partial charge in [0.05, 0.1) is 6.61 Å². The van der Waals surface area contributed by atoms with Crippen molar-refractivity contribution in [2.45, 2.75) is 0 Å². The summed E-state index contributed by atoms with van der Waals surface area (Å²) in [5.74, 6) is 0. The Morgan fingerprint density at radius 2 is 2.20 bits per heavy atom. The summed E-state index contributed by atoms with van der Waals surface area (Å²) in [7, 11) is -7.81. The molecule has 7 heteroatoms. The molecule has 0 saturated carbocycles. The highest BCUT2D eigenvalue weighted by atomic mass is 32.1. The van der Waals surface area contributed by atoms with E-state index in [1.165, 1.54) is 6.08 Å². The molecule has 1 atom stereocenters. The molecule has 0 aliphatic rings. The summed E-state index contributed by atoms with van der Waals surface area (Å²) in [6.07, 6.45) is 1.18. The lowest BCUT2D eigenvalue weighted by Crippen LogP contribution is -1.82. The van der Waals surface area contributed by atoms with Crippen molar-refractivity contribution in [1.82, 2.24) is 0 Å². The Hall–Kier alpha value is -0.210. The summed E-state index contributed by atoms with van der Waals surface area (Å²) in [6.45, 7) is 2.92. The first-order valence-electron chi connectivity index (χ1n) is 2.24. The highest BCUT2D eigenvalue weighted by molar-refractivity contribution is 8.17. The van der Waals surface area contributed by atoms with Crippen LogP contribution in [0.2, 0.25) is 0 Å². The maximum atomic E-state index is 10.4. The van der Waals surface area contributed by atoms with Crippen molar-refractivity contribution >= 4 is 14.7 Å². The predicted octanol–water partition coefficient (Wildman–Crippen LogP) is 1.46. The fraction of sp³-hybridized carbons (Fsp3) is 0.333. The van der Waals surface area contributed by atoms with Crippen molar-refractivity contribution in [2.24, 2.45) is 0 Å². The zero-order chi connectivity index (χ0) is 8.20. The van der Waals surface area contributed by atoms with Crippen LogP contribution in [0.4, 0.5) is 0 Å². The Kier molecular flexibility index (Phi) is 3.76. The molecule has 0 aromatic rings. The number of hydrogen-bond donors (Lipinski definition) is 1. The molecule has 0 saturated heterocycles. The van der Waals surface area contributed by atoms with E-state index in [0.29, 0.717) is 0 Å². The third kappa shape index (κ3) is 3.08. The Morgan fingerprint density at radius 3 is 2.50 bits per heavy atom. The van der Waals surface area contributed by atoms with E-state index >= 15 is 0 Å². The summed E-state index contributed by atoms with van der Waals surface area (Å²) in [5, 5.41) is 0. The van der Waals surface area contributed by atoms with Gasteiger partial charge in [0.25, 0.3) is 0 Å². The SMILES string of the molecule is C=CCOP(=O)(O)P(=O)=O. The Labute approximate surface area is 58.0 Å². The van der Waals surface area contributed by atoms with Crippen LogP contribution in [0.3, 0.4) is 0 Å². The van der Waals surface area contributed by atoms with E-state index in [9.17, 15) is 13.7 Å². The van der Waals surface area contributed by atoms with Crippen molar-refractivity contribution < 1.29 is 23.1 Å². The maximum absolute atomic E-state index is 10.4. The van der Waals surface area contributed by atoms with Crippen LogP contribution in [0.5, 0.6) is 0 Å². The molecule has 0 spiro atoms. The highest BCUT2D eigenvalue weighted by Crippen LogP contribution is 2.59. The topological polar surface area (TPSA) is 80.7 Å². The van der Waals surface area contributed by atoms with Gasteiger partial charge in [-0.25, -0.2) is 13.7 Å². The second-order valence-electron chi connectivity index (χ2n) is 1.31. The van der Waals surface area contributed by atoms with E-state index in [-0.39, 0.29) is 6.61 Å². The lowest BCUT2D eigenvalue weighted by Gasteiger charge is -1.98. The van der Waals surface area contributed by atoms with Crippen LogP contribution in [0.1, 0.15) is 0 Å². The van der Waals surface area contributed by atoms with E-state index in [1.807, 2.05) is 0 Å². The van der Waals surface area contributed by atoms with Gasteiger partial charge in [0.2, 0.25) is 0 Å². The zero-order valence-electron chi connectivity index (χ0n) is 4.97. The van der Waals surface area contributed by atoms with Crippen LogP contribution in [0.25, 0.3) is 0 Å². The molecule has 0 radical (unpaired) electrons. The summed E-state index contributed by atoms with van der Waals surface area (Å²) >= 11 is 0. The molecule has 1 unspecified atom stereocenters. The predicted molar refractivity (Wildman–Crippen MR) is 34.3 cm³/mol. The second kappa shape index (κ2) is 3.84. The van der Waals surface area contributed by atoms with Crippen molar-refractivity contribution in [3.05, 3.63) is 12.7 Å². The smallest absolute Gasteiger partial charge is 0.314 e. The van der Waals surface area contributed by atoms with Crippen molar-refractivity contribution in [3.8, 4) is 0 Å². The molecule has 0 aliphatic carbocycles. The average Bonchev–Trinajstić information content (AvgIpc) is 1.84. The molecule has 58 valence electrons. The molecule has 0 rings (SSSR count). The molecule has 1 N–H and O–H groups in total. The van der Waals surface area contributed by atoms with Gasteiger partial charge >= 0.3 is 14.7 Å². The van der Waals surface area contributed by atoms with Crippen molar-refractivity contribution in [3.63, 3.8) is 0 Å². The summed E-state index contributed by atoms with van der Waals surface area (Å²) in [4.78, 5) is 8.41. The monoisotopic (exact) mass is 184 g/mol. The van der Waals surface area contributed by atoms with Crippen molar-refractivity contribution in [2.75, 3.05) is 6.61 Å². The fourth-order valence-electron chi connectivity index (χ4n) is 0.197. The molecule has 0 aromatic heterocycles. The minimum atomic E-state index is -4.40. The molecular weight excluding hydrogens is 178 g/mol. The average molecular weight is 184 g/mol. The quantitative estimate of drug-likeness (QED) is 0.528. The van der Waals surface area contributed by atoms with E-state index in [0.717, 1.165) is 0 Å². The molecule has 0 aromatic carbocycles. The van der Waals surface area contributed by atoms with Gasteiger partial charge < -0.3 is 4.89 Å². The van der Waals surface area contributed by atoms with E-state index in [1.54, 1.807) is 0 Å². The van der Waals surface area contributed by atoms with Gasteiger partial charge in [-0.05, 0) is 0 Å². The Bertz CT molecular complexity index is 221. The van der Waals surface area contributed by atoms with Gasteiger partial charge in [-0.1, -0.05) is 6.08 Å². The molecule has 0 fully saturated rings. The largest absolute Gasteiger partial charge is 0.449 e. The maximum Gasteiger partial charge on any atom is 0.449 e. The Balaban J connectivity index is 4.14.